The Morgan fingerprint density at radius 2 is 1.82 bits per heavy atom. The first-order chi connectivity index (χ1) is 10.5. The van der Waals surface area contributed by atoms with Crippen LogP contribution in [0.1, 0.15) is 19.3 Å². The predicted molar refractivity (Wildman–Crippen MR) is 91.6 cm³/mol. The second-order valence-corrected chi connectivity index (χ2v) is 7.91. The molecule has 0 amide bonds. The van der Waals surface area contributed by atoms with Crippen molar-refractivity contribution in [1.82, 2.24) is 0 Å². The average molecular weight is 315 g/mol. The van der Waals surface area contributed by atoms with E-state index in [1.807, 2.05) is 12.1 Å². The van der Waals surface area contributed by atoms with Gasteiger partial charge < -0.3 is 4.90 Å². The zero-order chi connectivity index (χ0) is 15.6. The van der Waals surface area contributed by atoms with Gasteiger partial charge in [0.1, 0.15) is 0 Å². The third-order valence-corrected chi connectivity index (χ3v) is 5.52. The van der Waals surface area contributed by atoms with Crippen LogP contribution in [-0.4, -0.2) is 27.8 Å². The zero-order valence-electron chi connectivity index (χ0n) is 12.8. The molecule has 4 heteroatoms. The van der Waals surface area contributed by atoms with E-state index in [1.54, 1.807) is 0 Å². The summed E-state index contributed by atoms with van der Waals surface area (Å²) in [5.41, 5.74) is 3.61. The molecule has 116 valence electrons. The van der Waals surface area contributed by atoms with Crippen molar-refractivity contribution in [2.75, 3.05) is 24.2 Å². The van der Waals surface area contributed by atoms with Crippen LogP contribution in [0.3, 0.4) is 0 Å². The van der Waals surface area contributed by atoms with Crippen molar-refractivity contribution < 1.29 is 8.42 Å². The Bertz CT molecular complexity index is 743. The maximum Gasteiger partial charge on any atom is 0.171 e. The summed E-state index contributed by atoms with van der Waals surface area (Å²) >= 11 is 0. The minimum Gasteiger partial charge on any atom is -0.367 e. The van der Waals surface area contributed by atoms with Crippen molar-refractivity contribution in [1.29, 1.82) is 0 Å². The molecule has 1 aromatic carbocycles. The monoisotopic (exact) mass is 315 g/mol. The number of anilines is 1. The maximum atomic E-state index is 11.7. The number of rotatable bonds is 3. The molecule has 2 aliphatic rings. The van der Waals surface area contributed by atoms with Crippen LogP contribution in [0.5, 0.6) is 0 Å². The van der Waals surface area contributed by atoms with E-state index in [1.165, 1.54) is 17.5 Å². The lowest BCUT2D eigenvalue weighted by Crippen LogP contribution is -2.28. The average Bonchev–Trinajstić information content (AvgIpc) is 2.55. The molecule has 0 fully saturated rings. The molecule has 0 saturated carbocycles. The third-order valence-electron chi connectivity index (χ3n) is 4.25. The number of hydrogen-bond acceptors (Lipinski definition) is 3. The van der Waals surface area contributed by atoms with Crippen LogP contribution in [0.2, 0.25) is 0 Å². The molecular formula is C18H21NO2S. The standard InChI is InChI=1S/C18H21NO2S/c1-22(20,21)18-9-5-6-16(14-18)15-10-12-19(13-11-15)17-7-3-2-4-8-17/h2-4,6-8,10,14H,5,9,11-13H2,1H3. The van der Waals surface area contributed by atoms with Gasteiger partial charge in [0.15, 0.2) is 9.84 Å². The van der Waals surface area contributed by atoms with Crippen molar-refractivity contribution in [3.63, 3.8) is 0 Å². The minimum absolute atomic E-state index is 0.566. The second-order valence-electron chi connectivity index (χ2n) is 5.84. The summed E-state index contributed by atoms with van der Waals surface area (Å²) in [6.07, 6.45) is 9.95. The molecule has 1 aromatic rings. The molecule has 0 aromatic heterocycles. The SMILES string of the molecule is CS(=O)(=O)C1=CC(C2=CCN(c3ccccc3)CC2)=CCC1. The molecule has 0 saturated heterocycles. The molecule has 3 rings (SSSR count). The molecule has 1 heterocycles. The van der Waals surface area contributed by atoms with Gasteiger partial charge in [-0.1, -0.05) is 30.4 Å². The van der Waals surface area contributed by atoms with Gasteiger partial charge >= 0.3 is 0 Å². The zero-order valence-corrected chi connectivity index (χ0v) is 13.6. The van der Waals surface area contributed by atoms with Crippen molar-refractivity contribution in [2.24, 2.45) is 0 Å². The van der Waals surface area contributed by atoms with E-state index >= 15 is 0 Å². The molecule has 0 radical (unpaired) electrons. The van der Waals surface area contributed by atoms with Crippen molar-refractivity contribution in [3.8, 4) is 0 Å². The highest BCUT2D eigenvalue weighted by molar-refractivity contribution is 7.94. The molecule has 0 spiro atoms. The highest BCUT2D eigenvalue weighted by atomic mass is 32.2. The van der Waals surface area contributed by atoms with Crippen LogP contribution < -0.4 is 4.90 Å². The smallest absolute Gasteiger partial charge is 0.171 e. The lowest BCUT2D eigenvalue weighted by Gasteiger charge is -2.29. The number of hydrogen-bond donors (Lipinski definition) is 0. The van der Waals surface area contributed by atoms with Gasteiger partial charge in [0.05, 0.1) is 0 Å². The molecule has 22 heavy (non-hydrogen) atoms. The quantitative estimate of drug-likeness (QED) is 0.857. The molecule has 0 N–H and O–H groups in total. The number of benzene rings is 1. The Labute approximate surface area is 132 Å². The lowest BCUT2D eigenvalue weighted by atomic mass is 9.94. The van der Waals surface area contributed by atoms with Crippen molar-refractivity contribution in [3.05, 3.63) is 64.6 Å². The number of allylic oxidation sites excluding steroid dienone is 4. The van der Waals surface area contributed by atoms with Crippen LogP contribution in [-0.2, 0) is 9.84 Å². The Balaban J connectivity index is 1.77. The number of nitrogens with zero attached hydrogens (tertiary/aromatic N) is 1. The van der Waals surface area contributed by atoms with Crippen LogP contribution in [0.4, 0.5) is 5.69 Å². The molecular weight excluding hydrogens is 294 g/mol. The Morgan fingerprint density at radius 1 is 1.05 bits per heavy atom. The summed E-state index contributed by atoms with van der Waals surface area (Å²) in [7, 11) is -3.07. The summed E-state index contributed by atoms with van der Waals surface area (Å²) in [5.74, 6) is 0. The summed E-state index contributed by atoms with van der Waals surface area (Å²) in [6.45, 7) is 1.84. The minimum atomic E-state index is -3.07. The highest BCUT2D eigenvalue weighted by Crippen LogP contribution is 2.29. The Kier molecular flexibility index (Phi) is 4.21. The predicted octanol–water partition coefficient (Wildman–Crippen LogP) is 3.47. The van der Waals surface area contributed by atoms with E-state index in [-0.39, 0.29) is 0 Å². The van der Waals surface area contributed by atoms with E-state index in [0.717, 1.165) is 31.5 Å². The Hall–Kier alpha value is -1.81. The molecule has 3 nitrogen and oxygen atoms in total. The van der Waals surface area contributed by atoms with Gasteiger partial charge in [-0.3, -0.25) is 0 Å². The summed E-state index contributed by atoms with van der Waals surface area (Å²) < 4.78 is 23.5. The topological polar surface area (TPSA) is 37.4 Å². The van der Waals surface area contributed by atoms with Gasteiger partial charge in [0, 0.05) is 29.9 Å². The fraction of sp³-hybridized carbons (Fsp3) is 0.333. The van der Waals surface area contributed by atoms with Gasteiger partial charge in [-0.15, -0.1) is 0 Å². The third kappa shape index (κ3) is 3.33. The molecule has 1 aliphatic carbocycles. The first-order valence-electron chi connectivity index (χ1n) is 7.64. The maximum absolute atomic E-state index is 11.7. The van der Waals surface area contributed by atoms with Crippen LogP contribution in [0, 0.1) is 0 Å². The normalized spacial score (nSPS) is 19.3. The number of para-hydroxylation sites is 1. The molecule has 0 bridgehead atoms. The summed E-state index contributed by atoms with van der Waals surface area (Å²) in [5, 5.41) is 0. The van der Waals surface area contributed by atoms with Crippen molar-refractivity contribution in [2.45, 2.75) is 19.3 Å². The largest absolute Gasteiger partial charge is 0.367 e. The van der Waals surface area contributed by atoms with Gasteiger partial charge in [0.2, 0.25) is 0 Å². The highest BCUT2D eigenvalue weighted by Gasteiger charge is 2.19. The van der Waals surface area contributed by atoms with Gasteiger partial charge in [-0.2, -0.15) is 0 Å². The van der Waals surface area contributed by atoms with E-state index in [0.29, 0.717) is 11.3 Å². The first-order valence-corrected chi connectivity index (χ1v) is 9.53. The molecule has 1 aliphatic heterocycles. The Morgan fingerprint density at radius 3 is 2.45 bits per heavy atom. The van der Waals surface area contributed by atoms with Gasteiger partial charge in [-0.25, -0.2) is 8.42 Å². The second kappa shape index (κ2) is 6.13. The van der Waals surface area contributed by atoms with E-state index < -0.39 is 9.84 Å². The first kappa shape index (κ1) is 15.1. The number of sulfone groups is 1. The van der Waals surface area contributed by atoms with Crippen molar-refractivity contribution >= 4 is 15.5 Å². The van der Waals surface area contributed by atoms with Gasteiger partial charge in [0.25, 0.3) is 0 Å². The van der Waals surface area contributed by atoms with Crippen LogP contribution in [0.15, 0.2) is 64.6 Å². The van der Waals surface area contributed by atoms with Gasteiger partial charge in [-0.05, 0) is 48.6 Å². The van der Waals surface area contributed by atoms with E-state index in [2.05, 4.69) is 41.3 Å². The molecule has 0 atom stereocenters. The fourth-order valence-corrected chi connectivity index (χ4v) is 3.83. The fourth-order valence-electron chi connectivity index (χ4n) is 3.00. The summed E-state index contributed by atoms with van der Waals surface area (Å²) in [4.78, 5) is 2.91. The van der Waals surface area contributed by atoms with E-state index in [9.17, 15) is 8.42 Å². The summed E-state index contributed by atoms with van der Waals surface area (Å²) in [6, 6.07) is 10.4. The van der Waals surface area contributed by atoms with Crippen LogP contribution in [0.25, 0.3) is 0 Å². The van der Waals surface area contributed by atoms with E-state index in [4.69, 9.17) is 0 Å². The lowest BCUT2D eigenvalue weighted by molar-refractivity contribution is 0.605. The molecule has 0 unspecified atom stereocenters. The van der Waals surface area contributed by atoms with Crippen LogP contribution >= 0.6 is 0 Å².